The highest BCUT2D eigenvalue weighted by molar-refractivity contribution is 7.99. The normalized spacial score (nSPS) is 10.4. The van der Waals surface area contributed by atoms with Crippen molar-refractivity contribution in [3.63, 3.8) is 0 Å². The van der Waals surface area contributed by atoms with E-state index in [4.69, 9.17) is 0 Å². The van der Waals surface area contributed by atoms with Crippen molar-refractivity contribution in [1.29, 1.82) is 0 Å². The molecule has 0 saturated carbocycles. The molecule has 2 aromatic carbocycles. The molecule has 11 heteroatoms. The number of thiophene rings is 1. The van der Waals surface area contributed by atoms with Crippen LogP contribution >= 0.6 is 23.3 Å². The summed E-state index contributed by atoms with van der Waals surface area (Å²) in [4.78, 5) is 23.1. The monoisotopic (exact) mass is 483 g/mol. The van der Waals surface area contributed by atoms with Crippen molar-refractivity contribution in [3.05, 3.63) is 70.4 Å². The maximum absolute atomic E-state index is 12.0. The van der Waals surface area contributed by atoms with Crippen molar-refractivity contribution in [3.8, 4) is 5.75 Å². The van der Waals surface area contributed by atoms with Crippen LogP contribution in [0.5, 0.6) is 5.75 Å². The van der Waals surface area contributed by atoms with Crippen molar-refractivity contribution < 1.29 is 27.5 Å². The van der Waals surface area contributed by atoms with Gasteiger partial charge in [0.25, 0.3) is 5.91 Å². The number of aldehydes is 1. The zero-order valence-electron chi connectivity index (χ0n) is 17.0. The van der Waals surface area contributed by atoms with Crippen LogP contribution in [0.3, 0.4) is 0 Å². The fourth-order valence-electron chi connectivity index (χ4n) is 2.33. The molecule has 32 heavy (non-hydrogen) atoms. The number of halogens is 3. The molecule has 1 amide bonds. The second kappa shape index (κ2) is 12.0. The van der Waals surface area contributed by atoms with E-state index in [0.29, 0.717) is 16.1 Å². The third kappa shape index (κ3) is 8.52. The van der Waals surface area contributed by atoms with Crippen molar-refractivity contribution in [2.24, 2.45) is 0 Å². The van der Waals surface area contributed by atoms with Crippen LogP contribution in [0, 0.1) is 0 Å². The molecule has 3 aromatic rings. The molecule has 0 fully saturated rings. The van der Waals surface area contributed by atoms with Crippen LogP contribution in [0.4, 0.5) is 30.2 Å². The van der Waals surface area contributed by atoms with Crippen molar-refractivity contribution in [1.82, 2.24) is 0 Å². The molecule has 0 radical (unpaired) electrons. The molecular formula is C21H20F3N3O3S2. The number of hydrogen-bond donors (Lipinski definition) is 3. The van der Waals surface area contributed by atoms with Gasteiger partial charge in [-0.1, -0.05) is 18.0 Å². The minimum absolute atomic E-state index is 0.209. The largest absolute Gasteiger partial charge is 0.573 e. The van der Waals surface area contributed by atoms with Gasteiger partial charge >= 0.3 is 6.36 Å². The third-order valence-electron chi connectivity index (χ3n) is 3.70. The van der Waals surface area contributed by atoms with E-state index in [1.165, 1.54) is 47.6 Å². The average molecular weight is 484 g/mol. The summed E-state index contributed by atoms with van der Waals surface area (Å²) in [5, 5.41) is 7.24. The molecular weight excluding hydrogens is 463 g/mol. The molecule has 170 valence electrons. The number of ether oxygens (including phenoxy) is 1. The van der Waals surface area contributed by atoms with Gasteiger partial charge in [0.05, 0.1) is 4.88 Å². The van der Waals surface area contributed by atoms with Crippen LogP contribution < -0.4 is 20.1 Å². The summed E-state index contributed by atoms with van der Waals surface area (Å²) < 4.78 is 41.8. The zero-order valence-corrected chi connectivity index (χ0v) is 18.7. The Morgan fingerprint density at radius 3 is 2.31 bits per heavy atom. The fourth-order valence-corrected chi connectivity index (χ4v) is 3.44. The maximum Gasteiger partial charge on any atom is 0.573 e. The predicted molar refractivity (Wildman–Crippen MR) is 124 cm³/mol. The molecule has 0 aliphatic rings. The summed E-state index contributed by atoms with van der Waals surface area (Å²) in [7, 11) is 1.68. The van der Waals surface area contributed by atoms with Gasteiger partial charge in [-0.25, -0.2) is 0 Å². The first-order valence-electron chi connectivity index (χ1n) is 9.01. The van der Waals surface area contributed by atoms with Crippen LogP contribution in [0.15, 0.2) is 60.0 Å². The third-order valence-corrected chi connectivity index (χ3v) is 5.08. The highest BCUT2D eigenvalue weighted by Gasteiger charge is 2.30. The predicted octanol–water partition coefficient (Wildman–Crippen LogP) is 6.13. The van der Waals surface area contributed by atoms with Gasteiger partial charge in [-0.15, -0.1) is 24.5 Å². The highest BCUT2D eigenvalue weighted by atomic mass is 32.2. The lowest BCUT2D eigenvalue weighted by molar-refractivity contribution is -0.274. The van der Waals surface area contributed by atoms with Gasteiger partial charge in [0.15, 0.2) is 6.29 Å². The van der Waals surface area contributed by atoms with Crippen LogP contribution in [0.1, 0.15) is 20.0 Å². The lowest BCUT2D eigenvalue weighted by atomic mass is 10.2. The molecule has 0 spiro atoms. The van der Waals surface area contributed by atoms with E-state index in [2.05, 4.69) is 20.1 Å². The molecule has 0 aliphatic carbocycles. The first-order valence-corrected chi connectivity index (χ1v) is 11.1. The topological polar surface area (TPSA) is 79.5 Å². The number of rotatable bonds is 7. The molecule has 0 unspecified atom stereocenters. The lowest BCUT2D eigenvalue weighted by Crippen LogP contribution is -2.16. The van der Waals surface area contributed by atoms with E-state index in [-0.39, 0.29) is 11.7 Å². The molecule has 0 saturated heterocycles. The summed E-state index contributed by atoms with van der Waals surface area (Å²) in [5.74, 6) is -0.425. The minimum Gasteiger partial charge on any atom is -0.406 e. The van der Waals surface area contributed by atoms with Gasteiger partial charge in [-0.05, 0) is 48.5 Å². The number of amides is 1. The molecule has 1 heterocycles. The first kappa shape index (κ1) is 25.1. The summed E-state index contributed by atoms with van der Waals surface area (Å²) in [6, 6.07) is 14.5. The number of nitrogens with one attached hydrogen (secondary N) is 3. The highest BCUT2D eigenvalue weighted by Crippen LogP contribution is 2.23. The number of hydrogen-bond acceptors (Lipinski definition) is 7. The number of anilines is 3. The van der Waals surface area contributed by atoms with Crippen LogP contribution in [-0.4, -0.2) is 31.9 Å². The molecule has 6 nitrogen and oxygen atoms in total. The van der Waals surface area contributed by atoms with E-state index in [0.717, 1.165) is 17.7 Å². The Bertz CT molecular complexity index is 1020. The summed E-state index contributed by atoms with van der Waals surface area (Å²) >= 11 is 2.74. The van der Waals surface area contributed by atoms with E-state index in [1.807, 2.05) is 30.5 Å². The maximum atomic E-state index is 12.0. The quantitative estimate of drug-likeness (QED) is 0.277. The Labute approximate surface area is 191 Å². The van der Waals surface area contributed by atoms with Crippen LogP contribution in [0.2, 0.25) is 0 Å². The standard InChI is InChI=1S/C13H12N2O2S2.C8H8F3NO/c1-18-15-11-4-2-3-10(6-11)14-13(17)12-5-9(7-16)8-19-12;1-12-6-2-4-7(5-3-6)13-8(9,10)11/h2-8,15H,1H3,(H,14,17);2-5,12H,1H3. The van der Waals surface area contributed by atoms with Crippen LogP contribution in [0.25, 0.3) is 0 Å². The van der Waals surface area contributed by atoms with Crippen molar-refractivity contribution in [2.75, 3.05) is 28.7 Å². The summed E-state index contributed by atoms with van der Waals surface area (Å²) in [6.45, 7) is 0. The first-order chi connectivity index (χ1) is 15.2. The summed E-state index contributed by atoms with van der Waals surface area (Å²) in [6.07, 6.45) is -1.96. The molecule has 1 aromatic heterocycles. The van der Waals surface area contributed by atoms with Gasteiger partial charge in [-0.3, -0.25) is 9.59 Å². The second-order valence-corrected chi connectivity index (χ2v) is 7.55. The van der Waals surface area contributed by atoms with Gasteiger partial charge in [-0.2, -0.15) is 0 Å². The van der Waals surface area contributed by atoms with E-state index >= 15 is 0 Å². The number of carbonyl (C=O) groups excluding carboxylic acids is 2. The van der Waals surface area contributed by atoms with Gasteiger partial charge < -0.3 is 20.1 Å². The van der Waals surface area contributed by atoms with Gasteiger partial charge in [0, 0.05) is 41.3 Å². The van der Waals surface area contributed by atoms with E-state index < -0.39 is 6.36 Å². The second-order valence-electron chi connectivity index (χ2n) is 6.03. The van der Waals surface area contributed by atoms with Gasteiger partial charge in [0.2, 0.25) is 0 Å². The molecule has 3 N–H and O–H groups in total. The number of alkyl halides is 3. The number of carbonyl (C=O) groups is 2. The van der Waals surface area contributed by atoms with E-state index in [1.54, 1.807) is 18.5 Å². The van der Waals surface area contributed by atoms with Gasteiger partial charge in [0.1, 0.15) is 5.75 Å². The molecule has 0 aliphatic heterocycles. The smallest absolute Gasteiger partial charge is 0.406 e. The summed E-state index contributed by atoms with van der Waals surface area (Å²) in [5.41, 5.74) is 2.89. The Morgan fingerprint density at radius 2 is 1.75 bits per heavy atom. The minimum atomic E-state index is -4.62. The SMILES string of the molecule is CNc1ccc(OC(F)(F)F)cc1.CSNc1cccc(NC(=O)c2cc(C=O)cs2)c1. The van der Waals surface area contributed by atoms with Crippen molar-refractivity contribution in [2.45, 2.75) is 6.36 Å². The Kier molecular flexibility index (Phi) is 9.41. The molecule has 0 bridgehead atoms. The Morgan fingerprint density at radius 1 is 1.06 bits per heavy atom. The zero-order chi connectivity index (χ0) is 23.6. The number of benzene rings is 2. The Balaban J connectivity index is 0.000000244. The van der Waals surface area contributed by atoms with E-state index in [9.17, 15) is 22.8 Å². The lowest BCUT2D eigenvalue weighted by Gasteiger charge is -2.08. The molecule has 0 atom stereocenters. The Hall–Kier alpha value is -3.18. The van der Waals surface area contributed by atoms with Crippen molar-refractivity contribution >= 4 is 52.5 Å². The fraction of sp³-hybridized carbons (Fsp3) is 0.143. The van der Waals surface area contributed by atoms with Crippen LogP contribution in [-0.2, 0) is 0 Å². The molecule has 3 rings (SSSR count). The average Bonchev–Trinajstić information content (AvgIpc) is 3.24.